The van der Waals surface area contributed by atoms with E-state index < -0.39 is 36.0 Å². The molecule has 2 aromatic carbocycles. The lowest BCUT2D eigenvalue weighted by atomic mass is 10.1. The molecule has 0 aliphatic heterocycles. The van der Waals surface area contributed by atoms with Gasteiger partial charge in [0, 0.05) is 18.6 Å². The molecule has 2 amide bonds. The van der Waals surface area contributed by atoms with Crippen molar-refractivity contribution in [3.8, 4) is 5.88 Å². The van der Waals surface area contributed by atoms with E-state index in [0.717, 1.165) is 17.0 Å². The van der Waals surface area contributed by atoms with Gasteiger partial charge >= 0.3 is 5.97 Å². The number of rotatable bonds is 5. The van der Waals surface area contributed by atoms with Gasteiger partial charge in [-0.1, -0.05) is 36.4 Å². The molecule has 0 saturated carbocycles. The van der Waals surface area contributed by atoms with Gasteiger partial charge < -0.3 is 20.4 Å². The molecule has 0 saturated heterocycles. The highest BCUT2D eigenvalue weighted by Gasteiger charge is 2.22. The van der Waals surface area contributed by atoms with Crippen molar-refractivity contribution in [2.24, 2.45) is 0 Å². The number of fused-ring (bicyclic) bond motifs is 1. The molecule has 0 aliphatic rings. The van der Waals surface area contributed by atoms with Crippen LogP contribution < -0.4 is 10.2 Å². The number of hydrogen-bond donors (Lipinski definition) is 3. The monoisotopic (exact) mass is 380 g/mol. The smallest absolute Gasteiger partial charge is 0.322 e. The minimum atomic E-state index is -1.24. The molecule has 0 aliphatic carbocycles. The largest absolute Gasteiger partial charge is 0.493 e. The third-order valence-corrected chi connectivity index (χ3v) is 4.03. The molecule has 3 N–H and O–H groups in total. The van der Waals surface area contributed by atoms with Crippen molar-refractivity contribution in [3.05, 3.63) is 60.0 Å². The summed E-state index contributed by atoms with van der Waals surface area (Å²) in [5.74, 6) is -3.79. The van der Waals surface area contributed by atoms with Crippen LogP contribution in [0.15, 0.2) is 48.7 Å². The Morgan fingerprint density at radius 3 is 2.54 bits per heavy atom. The summed E-state index contributed by atoms with van der Waals surface area (Å²) in [6.07, 6.45) is 1.03. The molecule has 28 heavy (non-hydrogen) atoms. The van der Waals surface area contributed by atoms with Gasteiger partial charge in [0.25, 0.3) is 11.8 Å². The van der Waals surface area contributed by atoms with Crippen LogP contribution >= 0.6 is 0 Å². The maximum atomic E-state index is 12.8. The van der Waals surface area contributed by atoms with Crippen LogP contribution in [0, 0.1) is 0 Å². The number of carboxylic acid groups (broad SMARTS) is 1. The van der Waals surface area contributed by atoms with Crippen molar-refractivity contribution in [1.82, 2.24) is 15.3 Å². The van der Waals surface area contributed by atoms with E-state index in [9.17, 15) is 19.5 Å². The first-order valence-electron chi connectivity index (χ1n) is 8.20. The van der Waals surface area contributed by atoms with Crippen molar-refractivity contribution in [2.45, 2.75) is 0 Å². The summed E-state index contributed by atoms with van der Waals surface area (Å²) >= 11 is 0. The van der Waals surface area contributed by atoms with Gasteiger partial charge in [-0.25, -0.2) is 4.98 Å². The first kappa shape index (κ1) is 18.8. The predicted molar refractivity (Wildman–Crippen MR) is 100 cm³/mol. The average Bonchev–Trinajstić information content (AvgIpc) is 2.70. The lowest BCUT2D eigenvalue weighted by Crippen LogP contribution is -2.31. The molecule has 3 rings (SSSR count). The van der Waals surface area contributed by atoms with E-state index in [4.69, 9.17) is 5.11 Å². The molecule has 1 heterocycles. The summed E-state index contributed by atoms with van der Waals surface area (Å²) in [4.78, 5) is 43.8. The second-order valence-corrected chi connectivity index (χ2v) is 5.87. The van der Waals surface area contributed by atoms with Crippen molar-refractivity contribution in [2.75, 3.05) is 18.5 Å². The molecule has 0 unspecified atom stereocenters. The Bertz CT molecular complexity index is 1080. The Balaban J connectivity index is 1.87. The number of hydrogen-bond acceptors (Lipinski definition) is 6. The van der Waals surface area contributed by atoms with E-state index in [2.05, 4.69) is 15.3 Å². The van der Waals surface area contributed by atoms with Gasteiger partial charge in [0.1, 0.15) is 12.1 Å². The molecule has 3 aromatic rings. The highest BCUT2D eigenvalue weighted by atomic mass is 16.4. The maximum Gasteiger partial charge on any atom is 0.322 e. The van der Waals surface area contributed by atoms with E-state index in [1.54, 1.807) is 13.1 Å². The van der Waals surface area contributed by atoms with Crippen LogP contribution in [0.2, 0.25) is 0 Å². The molecular weight excluding hydrogens is 364 g/mol. The van der Waals surface area contributed by atoms with E-state index in [1.165, 1.54) is 4.90 Å². The highest BCUT2D eigenvalue weighted by molar-refractivity contribution is 6.11. The van der Waals surface area contributed by atoms with Crippen LogP contribution in [0.1, 0.15) is 21.0 Å². The minimum Gasteiger partial charge on any atom is -0.493 e. The van der Waals surface area contributed by atoms with Crippen molar-refractivity contribution in [1.29, 1.82) is 0 Å². The normalized spacial score (nSPS) is 10.5. The van der Waals surface area contributed by atoms with Crippen LogP contribution in [0.25, 0.3) is 10.8 Å². The van der Waals surface area contributed by atoms with Gasteiger partial charge in [0.2, 0.25) is 11.7 Å². The molecule has 9 nitrogen and oxygen atoms in total. The van der Waals surface area contributed by atoms with Crippen LogP contribution in [-0.4, -0.2) is 51.6 Å². The van der Waals surface area contributed by atoms with E-state index in [-0.39, 0.29) is 5.56 Å². The summed E-state index contributed by atoms with van der Waals surface area (Å²) < 4.78 is 0. The van der Waals surface area contributed by atoms with Gasteiger partial charge in [-0.15, -0.1) is 0 Å². The molecule has 0 atom stereocenters. The molecule has 0 spiro atoms. The van der Waals surface area contributed by atoms with Gasteiger partial charge in [0.15, 0.2) is 0 Å². The number of nitrogens with one attached hydrogen (secondary N) is 1. The van der Waals surface area contributed by atoms with Crippen LogP contribution in [0.5, 0.6) is 5.88 Å². The molecular formula is C19H16N4O5. The van der Waals surface area contributed by atoms with Crippen molar-refractivity contribution >= 4 is 34.2 Å². The Hall–Kier alpha value is -4.01. The van der Waals surface area contributed by atoms with Crippen LogP contribution in [0.4, 0.5) is 5.69 Å². The summed E-state index contributed by atoms with van der Waals surface area (Å²) in [5, 5.41) is 22.5. The second-order valence-electron chi connectivity index (χ2n) is 5.87. The fourth-order valence-electron chi connectivity index (χ4n) is 2.66. The molecule has 0 fully saturated rings. The number of amides is 2. The Labute approximate surface area is 159 Å². The Morgan fingerprint density at radius 2 is 1.82 bits per heavy atom. The van der Waals surface area contributed by atoms with E-state index >= 15 is 0 Å². The fraction of sp³-hybridized carbons (Fsp3) is 0.105. The minimum absolute atomic E-state index is 0.190. The van der Waals surface area contributed by atoms with Crippen LogP contribution in [-0.2, 0) is 4.79 Å². The Kier molecular flexibility index (Phi) is 5.16. The SMILES string of the molecule is CN(C(=O)c1cnc(C(=O)NCC(=O)O)nc1O)c1cccc2ccccc12. The fourth-order valence-corrected chi connectivity index (χ4v) is 2.66. The number of anilines is 1. The van der Waals surface area contributed by atoms with Gasteiger partial charge in [-0.3, -0.25) is 14.4 Å². The molecule has 0 bridgehead atoms. The number of carboxylic acids is 1. The summed E-state index contributed by atoms with van der Waals surface area (Å²) in [6, 6.07) is 13.0. The first-order valence-corrected chi connectivity index (χ1v) is 8.20. The number of aromatic hydroxyl groups is 1. The lowest BCUT2D eigenvalue weighted by molar-refractivity contribution is -0.135. The first-order chi connectivity index (χ1) is 13.4. The van der Waals surface area contributed by atoms with Gasteiger partial charge in [0.05, 0.1) is 5.69 Å². The number of carbonyl (C=O) groups is 3. The average molecular weight is 380 g/mol. The molecule has 1 aromatic heterocycles. The summed E-state index contributed by atoms with van der Waals surface area (Å²) in [5.41, 5.74) is 0.441. The highest BCUT2D eigenvalue weighted by Crippen LogP contribution is 2.27. The molecule has 9 heteroatoms. The maximum absolute atomic E-state index is 12.8. The zero-order valence-corrected chi connectivity index (χ0v) is 14.8. The van der Waals surface area contributed by atoms with Gasteiger partial charge in [-0.2, -0.15) is 4.98 Å². The van der Waals surface area contributed by atoms with Gasteiger partial charge in [-0.05, 0) is 11.5 Å². The van der Waals surface area contributed by atoms with Crippen LogP contribution in [0.3, 0.4) is 0 Å². The number of aliphatic carboxylic acids is 1. The second kappa shape index (κ2) is 7.70. The molecule has 0 radical (unpaired) electrons. The summed E-state index contributed by atoms with van der Waals surface area (Å²) in [7, 11) is 1.55. The number of aromatic nitrogens is 2. The topological polar surface area (TPSA) is 133 Å². The Morgan fingerprint density at radius 1 is 1.11 bits per heavy atom. The van der Waals surface area contributed by atoms with E-state index in [1.807, 2.05) is 36.4 Å². The zero-order valence-electron chi connectivity index (χ0n) is 14.8. The van der Waals surface area contributed by atoms with E-state index in [0.29, 0.717) is 5.69 Å². The van der Waals surface area contributed by atoms with Crippen molar-refractivity contribution < 1.29 is 24.6 Å². The summed E-state index contributed by atoms with van der Waals surface area (Å²) in [6.45, 7) is -0.618. The zero-order chi connectivity index (χ0) is 20.3. The predicted octanol–water partition coefficient (Wildman–Crippen LogP) is 1.43. The number of benzene rings is 2. The number of nitrogens with zero attached hydrogens (tertiary/aromatic N) is 3. The molecule has 142 valence electrons. The lowest BCUT2D eigenvalue weighted by Gasteiger charge is -2.19. The quantitative estimate of drug-likeness (QED) is 0.610. The third kappa shape index (κ3) is 3.73. The number of carbonyl (C=O) groups excluding carboxylic acids is 2. The standard InChI is InChI=1S/C19H16N4O5/c1-23(14-8-4-6-11-5-2-3-7-12(11)14)19(28)13-9-20-16(22-17(13)26)18(27)21-10-15(24)25/h2-9H,10H2,1H3,(H,21,27)(H,24,25)(H,20,22,26). The van der Waals surface area contributed by atoms with Crippen molar-refractivity contribution in [3.63, 3.8) is 0 Å². The third-order valence-electron chi connectivity index (χ3n) is 4.03.